The van der Waals surface area contributed by atoms with Gasteiger partial charge in [0, 0.05) is 29.9 Å². The first-order valence-electron chi connectivity index (χ1n) is 9.12. The van der Waals surface area contributed by atoms with E-state index in [2.05, 4.69) is 21.6 Å². The molecular weight excluding hydrogens is 390 g/mol. The highest BCUT2D eigenvalue weighted by molar-refractivity contribution is 8.00. The quantitative estimate of drug-likeness (QED) is 0.484. The van der Waals surface area contributed by atoms with Gasteiger partial charge in [0.2, 0.25) is 0 Å². The molecule has 1 heterocycles. The number of hydrogen-bond acceptors (Lipinski definition) is 6. The van der Waals surface area contributed by atoms with Gasteiger partial charge >= 0.3 is 0 Å². The summed E-state index contributed by atoms with van der Waals surface area (Å²) in [6, 6.07) is 15.6. The molecule has 142 valence electrons. The van der Waals surface area contributed by atoms with Crippen LogP contribution in [0.3, 0.4) is 0 Å². The predicted octanol–water partition coefficient (Wildman–Crippen LogP) is 4.82. The van der Waals surface area contributed by atoms with Crippen molar-refractivity contribution in [2.45, 2.75) is 35.8 Å². The minimum atomic E-state index is -0.254. The Bertz CT molecular complexity index is 1010. The summed E-state index contributed by atoms with van der Waals surface area (Å²) in [7, 11) is 0. The number of thiazole rings is 1. The van der Waals surface area contributed by atoms with E-state index in [4.69, 9.17) is 0 Å². The zero-order chi connectivity index (χ0) is 19.3. The normalized spacial score (nSPS) is 15.9. The van der Waals surface area contributed by atoms with Gasteiger partial charge in [-0.25, -0.2) is 10.4 Å². The van der Waals surface area contributed by atoms with Crippen LogP contribution in [0.2, 0.25) is 0 Å². The molecule has 0 bridgehead atoms. The molecule has 5 nitrogen and oxygen atoms in total. The topological polar surface area (TPSA) is 71.4 Å². The maximum atomic E-state index is 12.2. The van der Waals surface area contributed by atoms with E-state index in [-0.39, 0.29) is 11.7 Å². The summed E-state index contributed by atoms with van der Waals surface area (Å²) < 4.78 is 2.24. The number of para-hydroxylation sites is 1. The molecule has 1 N–H and O–H groups in total. The molecule has 1 aliphatic carbocycles. The van der Waals surface area contributed by atoms with E-state index < -0.39 is 0 Å². The summed E-state index contributed by atoms with van der Waals surface area (Å²) in [4.78, 5) is 28.3. The Labute approximate surface area is 171 Å². The summed E-state index contributed by atoms with van der Waals surface area (Å²) in [5.74, 6) is 0.733. The molecular formula is C21H19N3O2S2. The van der Waals surface area contributed by atoms with Crippen LogP contribution in [-0.4, -0.2) is 22.4 Å². The summed E-state index contributed by atoms with van der Waals surface area (Å²) in [6.07, 6.45) is 2.55. The van der Waals surface area contributed by atoms with Crippen molar-refractivity contribution in [1.29, 1.82) is 0 Å². The van der Waals surface area contributed by atoms with Gasteiger partial charge in [0.15, 0.2) is 4.34 Å². The minimum Gasteiger partial charge on any atom is -0.299 e. The van der Waals surface area contributed by atoms with Crippen LogP contribution in [0.25, 0.3) is 10.2 Å². The van der Waals surface area contributed by atoms with Crippen molar-refractivity contribution in [2.24, 2.45) is 5.10 Å². The molecule has 1 aromatic heterocycles. The van der Waals surface area contributed by atoms with Gasteiger partial charge < -0.3 is 0 Å². The highest BCUT2D eigenvalue weighted by Gasteiger charge is 2.15. The van der Waals surface area contributed by atoms with E-state index in [9.17, 15) is 9.59 Å². The standard InChI is InChI=1S/C21H19N3O2S2/c25-17-5-3-4-16(12-17)23-24-20(26)15-10-8-14(9-11-15)13-27-21-22-18-6-1-2-7-19(18)28-21/h1-2,6-11H,3-5,12-13H2,(H,24,26). The maximum Gasteiger partial charge on any atom is 0.271 e. The van der Waals surface area contributed by atoms with E-state index in [1.54, 1.807) is 35.2 Å². The number of benzene rings is 2. The Morgan fingerprint density at radius 1 is 1.14 bits per heavy atom. The van der Waals surface area contributed by atoms with E-state index in [0.29, 0.717) is 18.4 Å². The lowest BCUT2D eigenvalue weighted by Gasteiger charge is -2.11. The van der Waals surface area contributed by atoms with Gasteiger partial charge in [-0.15, -0.1) is 11.3 Å². The van der Waals surface area contributed by atoms with Crippen LogP contribution in [-0.2, 0) is 10.5 Å². The average Bonchev–Trinajstić information content (AvgIpc) is 3.14. The molecule has 0 saturated heterocycles. The molecule has 0 radical (unpaired) electrons. The molecule has 1 aliphatic rings. The second-order valence-electron chi connectivity index (χ2n) is 6.62. The number of carbonyl (C=O) groups is 2. The second-order valence-corrected chi connectivity index (χ2v) is 8.87. The molecule has 0 spiro atoms. The van der Waals surface area contributed by atoms with Crippen LogP contribution in [0, 0.1) is 0 Å². The minimum absolute atomic E-state index is 0.189. The number of fused-ring (bicyclic) bond motifs is 1. The summed E-state index contributed by atoms with van der Waals surface area (Å²) in [6.45, 7) is 0. The van der Waals surface area contributed by atoms with Gasteiger partial charge in [0.1, 0.15) is 5.78 Å². The summed E-state index contributed by atoms with van der Waals surface area (Å²) in [5.41, 5.74) is 6.04. The third-order valence-electron chi connectivity index (χ3n) is 4.49. The number of thioether (sulfide) groups is 1. The number of nitrogens with zero attached hydrogens (tertiary/aromatic N) is 2. The number of Topliss-reactive ketones (excluding diaryl/α,β-unsaturated/α-hetero) is 1. The molecule has 3 aromatic rings. The van der Waals surface area contributed by atoms with Crippen LogP contribution < -0.4 is 5.43 Å². The molecule has 0 aliphatic heterocycles. The Balaban J connectivity index is 1.33. The number of hydrazone groups is 1. The fourth-order valence-corrected chi connectivity index (χ4v) is 5.02. The van der Waals surface area contributed by atoms with Crippen LogP contribution in [0.15, 0.2) is 58.0 Å². The van der Waals surface area contributed by atoms with Crippen LogP contribution in [0.4, 0.5) is 0 Å². The smallest absolute Gasteiger partial charge is 0.271 e. The number of aromatic nitrogens is 1. The van der Waals surface area contributed by atoms with Crippen LogP contribution in [0.1, 0.15) is 41.6 Å². The van der Waals surface area contributed by atoms with Gasteiger partial charge in [0.05, 0.1) is 10.2 Å². The highest BCUT2D eigenvalue weighted by atomic mass is 32.2. The number of nitrogens with one attached hydrogen (secondary N) is 1. The highest BCUT2D eigenvalue weighted by Crippen LogP contribution is 2.31. The lowest BCUT2D eigenvalue weighted by Crippen LogP contribution is -2.22. The van der Waals surface area contributed by atoms with Gasteiger partial charge in [-0.05, 0) is 42.7 Å². The fraction of sp³-hybridized carbons (Fsp3) is 0.238. The van der Waals surface area contributed by atoms with Crippen molar-refractivity contribution in [3.63, 3.8) is 0 Å². The lowest BCUT2D eigenvalue weighted by atomic mass is 9.97. The number of rotatable bonds is 5. The third kappa shape index (κ3) is 4.66. The van der Waals surface area contributed by atoms with Gasteiger partial charge in [0.25, 0.3) is 5.91 Å². The van der Waals surface area contributed by atoms with E-state index >= 15 is 0 Å². The van der Waals surface area contributed by atoms with Crippen molar-refractivity contribution < 1.29 is 9.59 Å². The number of ketones is 1. The second kappa shape index (κ2) is 8.67. The molecule has 1 fully saturated rings. The molecule has 2 aromatic carbocycles. The number of amides is 1. The van der Waals surface area contributed by atoms with Crippen molar-refractivity contribution in [2.75, 3.05) is 0 Å². The SMILES string of the molecule is O=C1CCCC(=NNC(=O)c2ccc(CSc3nc4ccccc4s3)cc2)C1. The monoisotopic (exact) mass is 409 g/mol. The predicted molar refractivity (Wildman–Crippen MR) is 114 cm³/mol. The lowest BCUT2D eigenvalue weighted by molar-refractivity contribution is -0.118. The largest absolute Gasteiger partial charge is 0.299 e. The van der Waals surface area contributed by atoms with Crippen molar-refractivity contribution >= 4 is 50.7 Å². The zero-order valence-electron chi connectivity index (χ0n) is 15.2. The molecule has 0 unspecified atom stereocenters. The first kappa shape index (κ1) is 18.8. The molecule has 1 saturated carbocycles. The summed E-state index contributed by atoms with van der Waals surface area (Å²) >= 11 is 3.39. The van der Waals surface area contributed by atoms with Crippen LogP contribution in [0.5, 0.6) is 0 Å². The number of carbonyl (C=O) groups excluding carboxylic acids is 2. The third-order valence-corrected chi connectivity index (χ3v) is 6.74. The molecule has 4 rings (SSSR count). The Hall–Kier alpha value is -2.51. The van der Waals surface area contributed by atoms with E-state index in [1.807, 2.05) is 30.3 Å². The summed E-state index contributed by atoms with van der Waals surface area (Å²) in [5, 5.41) is 4.11. The van der Waals surface area contributed by atoms with E-state index in [0.717, 1.165) is 39.7 Å². The van der Waals surface area contributed by atoms with Crippen molar-refractivity contribution in [1.82, 2.24) is 10.4 Å². The van der Waals surface area contributed by atoms with Gasteiger partial charge in [-0.1, -0.05) is 36.0 Å². The van der Waals surface area contributed by atoms with Crippen molar-refractivity contribution in [3.8, 4) is 0 Å². The fourth-order valence-electron chi connectivity index (χ4n) is 2.99. The Kier molecular flexibility index (Phi) is 5.83. The molecule has 0 atom stereocenters. The van der Waals surface area contributed by atoms with E-state index in [1.165, 1.54) is 4.70 Å². The molecule has 28 heavy (non-hydrogen) atoms. The Morgan fingerprint density at radius 3 is 2.75 bits per heavy atom. The Morgan fingerprint density at radius 2 is 1.96 bits per heavy atom. The molecule has 1 amide bonds. The van der Waals surface area contributed by atoms with Gasteiger partial charge in [-0.2, -0.15) is 5.10 Å². The molecule has 7 heteroatoms. The average molecular weight is 410 g/mol. The maximum absolute atomic E-state index is 12.2. The van der Waals surface area contributed by atoms with Crippen molar-refractivity contribution in [3.05, 3.63) is 59.7 Å². The zero-order valence-corrected chi connectivity index (χ0v) is 16.8. The number of hydrogen-bond donors (Lipinski definition) is 1. The first-order valence-corrected chi connectivity index (χ1v) is 10.9. The van der Waals surface area contributed by atoms with Gasteiger partial charge in [-0.3, -0.25) is 9.59 Å². The first-order chi connectivity index (χ1) is 13.7. The van der Waals surface area contributed by atoms with Crippen LogP contribution >= 0.6 is 23.1 Å².